The van der Waals surface area contributed by atoms with Crippen LogP contribution in [-0.2, 0) is 10.0 Å². The lowest BCUT2D eigenvalue weighted by Crippen LogP contribution is -2.12. The fourth-order valence-electron chi connectivity index (χ4n) is 1.16. The van der Waals surface area contributed by atoms with Gasteiger partial charge in [-0.3, -0.25) is 4.72 Å². The van der Waals surface area contributed by atoms with Gasteiger partial charge in [-0.15, -0.1) is 0 Å². The van der Waals surface area contributed by atoms with Crippen LogP contribution in [0.25, 0.3) is 0 Å². The number of anilines is 2. The van der Waals surface area contributed by atoms with E-state index in [1.54, 1.807) is 6.07 Å². The number of hydrogen-bond donors (Lipinski definition) is 2. The number of sulfonamides is 1. The molecule has 0 radical (unpaired) electrons. The minimum Gasteiger partial charge on any atom is -0.398 e. The molecule has 17 heavy (non-hydrogen) atoms. The predicted molar refractivity (Wildman–Crippen MR) is 65.9 cm³/mol. The first-order chi connectivity index (χ1) is 7.99. The Morgan fingerprint density at radius 2 is 2.18 bits per heavy atom. The fourth-order valence-corrected chi connectivity index (χ4v) is 2.46. The molecule has 90 valence electrons. The zero-order chi connectivity index (χ0) is 12.5. The van der Waals surface area contributed by atoms with Crippen LogP contribution in [0.2, 0.25) is 0 Å². The Bertz CT molecular complexity index is 625. The molecule has 0 fully saturated rings. The first-order valence-corrected chi connectivity index (χ1v) is 6.74. The Hall–Kier alpha value is -1.54. The van der Waals surface area contributed by atoms with E-state index in [-0.39, 0.29) is 10.6 Å². The van der Waals surface area contributed by atoms with E-state index in [9.17, 15) is 8.42 Å². The van der Waals surface area contributed by atoms with Gasteiger partial charge >= 0.3 is 0 Å². The third-order valence-corrected chi connectivity index (χ3v) is 4.06. The third kappa shape index (κ3) is 2.59. The van der Waals surface area contributed by atoms with Crippen molar-refractivity contribution >= 4 is 37.3 Å². The number of aromatic nitrogens is 1. The van der Waals surface area contributed by atoms with Crippen molar-refractivity contribution < 1.29 is 12.9 Å². The summed E-state index contributed by atoms with van der Waals surface area (Å²) in [5, 5.41) is 3.40. The highest BCUT2D eigenvalue weighted by molar-refractivity contribution is 9.10. The topological polar surface area (TPSA) is 98.2 Å². The molecule has 1 aromatic carbocycles. The molecule has 1 heterocycles. The Balaban J connectivity index is 2.35. The zero-order valence-electron chi connectivity index (χ0n) is 8.42. The summed E-state index contributed by atoms with van der Waals surface area (Å²) in [7, 11) is -3.67. The molecule has 0 bridgehead atoms. The number of nitrogens with two attached hydrogens (primary N) is 1. The van der Waals surface area contributed by atoms with Crippen molar-refractivity contribution in [2.75, 3.05) is 10.5 Å². The van der Waals surface area contributed by atoms with E-state index in [1.807, 2.05) is 0 Å². The van der Waals surface area contributed by atoms with E-state index in [0.717, 1.165) is 0 Å². The molecule has 0 aliphatic heterocycles. The monoisotopic (exact) mass is 317 g/mol. The molecule has 0 saturated carbocycles. The molecule has 3 N–H and O–H groups in total. The maximum atomic E-state index is 11.9. The van der Waals surface area contributed by atoms with Crippen molar-refractivity contribution in [1.82, 2.24) is 5.16 Å². The van der Waals surface area contributed by atoms with Crippen molar-refractivity contribution in [1.29, 1.82) is 0 Å². The summed E-state index contributed by atoms with van der Waals surface area (Å²) in [5.74, 6) is 0. The van der Waals surface area contributed by atoms with Crippen LogP contribution < -0.4 is 10.5 Å². The fraction of sp³-hybridized carbons (Fsp3) is 0. The van der Waals surface area contributed by atoms with Crippen LogP contribution in [0.4, 0.5) is 11.4 Å². The van der Waals surface area contributed by atoms with Gasteiger partial charge in [0, 0.05) is 10.2 Å². The zero-order valence-corrected chi connectivity index (χ0v) is 10.8. The highest BCUT2D eigenvalue weighted by atomic mass is 79.9. The number of nitrogens with one attached hydrogen (secondary N) is 1. The van der Waals surface area contributed by atoms with Crippen molar-refractivity contribution in [2.45, 2.75) is 4.90 Å². The molecular formula is C9H8BrN3O3S. The van der Waals surface area contributed by atoms with Gasteiger partial charge in [0.05, 0.1) is 11.1 Å². The molecule has 0 unspecified atom stereocenters. The molecule has 2 rings (SSSR count). The molecule has 1 aromatic heterocycles. The quantitative estimate of drug-likeness (QED) is 0.841. The molecule has 0 aliphatic rings. The minimum absolute atomic E-state index is 0.0689. The van der Waals surface area contributed by atoms with Crippen LogP contribution >= 0.6 is 15.9 Å². The van der Waals surface area contributed by atoms with Crippen LogP contribution in [0.1, 0.15) is 0 Å². The second-order valence-corrected chi connectivity index (χ2v) is 5.74. The lowest BCUT2D eigenvalue weighted by atomic mass is 10.3. The summed E-state index contributed by atoms with van der Waals surface area (Å²) in [6.07, 6.45) is 2.46. The minimum atomic E-state index is -3.67. The van der Waals surface area contributed by atoms with Crippen molar-refractivity contribution in [3.8, 4) is 0 Å². The second kappa shape index (κ2) is 4.38. The van der Waals surface area contributed by atoms with Gasteiger partial charge in [0.15, 0.2) is 0 Å². The maximum absolute atomic E-state index is 11.9. The van der Waals surface area contributed by atoms with Gasteiger partial charge in [0.25, 0.3) is 10.0 Å². The number of halogens is 1. The molecule has 0 amide bonds. The van der Waals surface area contributed by atoms with E-state index in [2.05, 4.69) is 30.3 Å². The SMILES string of the molecule is Nc1cc(S(=O)(=O)Nc2cnoc2)ccc1Br. The van der Waals surface area contributed by atoms with Gasteiger partial charge in [0.1, 0.15) is 12.0 Å². The molecule has 0 aliphatic carbocycles. The lowest BCUT2D eigenvalue weighted by Gasteiger charge is -2.06. The summed E-state index contributed by atoms with van der Waals surface area (Å²) < 4.78 is 31.3. The van der Waals surface area contributed by atoms with Crippen molar-refractivity contribution in [3.05, 3.63) is 35.1 Å². The number of rotatable bonds is 3. The smallest absolute Gasteiger partial charge is 0.262 e. The van der Waals surface area contributed by atoms with Crippen LogP contribution in [-0.4, -0.2) is 13.6 Å². The first-order valence-electron chi connectivity index (χ1n) is 4.46. The number of benzene rings is 1. The van der Waals surface area contributed by atoms with Gasteiger partial charge in [-0.05, 0) is 34.1 Å². The standard InChI is InChI=1S/C9H8BrN3O3S/c10-8-2-1-7(3-9(8)11)17(14,15)13-6-4-12-16-5-6/h1-5,13H,11H2. The molecule has 6 nitrogen and oxygen atoms in total. The molecular weight excluding hydrogens is 310 g/mol. The van der Waals surface area contributed by atoms with Crippen LogP contribution in [0.3, 0.4) is 0 Å². The van der Waals surface area contributed by atoms with Crippen LogP contribution in [0, 0.1) is 0 Å². The van der Waals surface area contributed by atoms with E-state index in [4.69, 9.17) is 5.73 Å². The number of hydrogen-bond acceptors (Lipinski definition) is 5. The average Bonchev–Trinajstić information content (AvgIpc) is 2.73. The Labute approximate surface area is 106 Å². The predicted octanol–water partition coefficient (Wildman–Crippen LogP) is 1.82. The second-order valence-electron chi connectivity index (χ2n) is 3.20. The van der Waals surface area contributed by atoms with E-state index in [0.29, 0.717) is 10.2 Å². The third-order valence-electron chi connectivity index (χ3n) is 1.96. The summed E-state index contributed by atoms with van der Waals surface area (Å²) in [4.78, 5) is 0.0689. The normalized spacial score (nSPS) is 11.4. The highest BCUT2D eigenvalue weighted by Crippen LogP contribution is 2.24. The van der Waals surface area contributed by atoms with E-state index < -0.39 is 10.0 Å². The van der Waals surface area contributed by atoms with Gasteiger partial charge in [-0.2, -0.15) is 0 Å². The van der Waals surface area contributed by atoms with Gasteiger partial charge in [0.2, 0.25) is 0 Å². The summed E-state index contributed by atoms with van der Waals surface area (Å²) in [5.41, 5.74) is 6.22. The van der Waals surface area contributed by atoms with Crippen molar-refractivity contribution in [2.24, 2.45) is 0 Å². The molecule has 8 heteroatoms. The molecule has 0 saturated heterocycles. The number of nitrogen functional groups attached to an aromatic ring is 1. The molecule has 0 spiro atoms. The lowest BCUT2D eigenvalue weighted by molar-refractivity contribution is 0.420. The Morgan fingerprint density at radius 3 is 2.76 bits per heavy atom. The Morgan fingerprint density at radius 1 is 1.41 bits per heavy atom. The van der Waals surface area contributed by atoms with Crippen molar-refractivity contribution in [3.63, 3.8) is 0 Å². The van der Waals surface area contributed by atoms with Gasteiger partial charge in [-0.25, -0.2) is 8.42 Å². The van der Waals surface area contributed by atoms with Crippen LogP contribution in [0.15, 0.2) is 44.6 Å². The number of nitrogens with zero attached hydrogens (tertiary/aromatic N) is 1. The summed E-state index contributed by atoms with van der Waals surface area (Å²) in [6.45, 7) is 0. The van der Waals surface area contributed by atoms with E-state index >= 15 is 0 Å². The Kier molecular flexibility index (Phi) is 3.07. The van der Waals surface area contributed by atoms with E-state index in [1.165, 1.54) is 24.6 Å². The summed E-state index contributed by atoms with van der Waals surface area (Å²) in [6, 6.07) is 4.37. The largest absolute Gasteiger partial charge is 0.398 e. The van der Waals surface area contributed by atoms with Gasteiger partial charge in [-0.1, -0.05) is 5.16 Å². The van der Waals surface area contributed by atoms with Gasteiger partial charge < -0.3 is 10.3 Å². The highest BCUT2D eigenvalue weighted by Gasteiger charge is 2.15. The first kappa shape index (κ1) is 11.9. The average molecular weight is 318 g/mol. The molecule has 0 atom stereocenters. The molecule has 2 aromatic rings. The maximum Gasteiger partial charge on any atom is 0.262 e. The summed E-state index contributed by atoms with van der Waals surface area (Å²) >= 11 is 3.19. The van der Waals surface area contributed by atoms with Crippen LogP contribution in [0.5, 0.6) is 0 Å².